The molecule has 4 N–H and O–H groups in total. The molecule has 10 atom stereocenters. The molecule has 0 unspecified atom stereocenters. The zero-order valence-electron chi connectivity index (χ0n) is 33.1. The minimum absolute atomic E-state index is 0.0146. The number of Topliss-reactive ketones (excluding diaryl/α,β-unsaturated/α-hetero) is 1. The number of hydrogen-bond acceptors (Lipinski definition) is 14. The number of fused-ring (bicyclic) bond motifs is 1. The summed E-state index contributed by atoms with van der Waals surface area (Å²) < 4.78 is 29.0. The molecule has 0 bridgehead atoms. The van der Waals surface area contributed by atoms with Gasteiger partial charge in [0.05, 0.1) is 29.7 Å². The van der Waals surface area contributed by atoms with E-state index in [1.807, 2.05) is 0 Å². The normalized spacial score (nSPS) is 30.3. The fraction of sp³-hybridized carbons (Fsp3) is 0.548. The van der Waals surface area contributed by atoms with Crippen LogP contribution in [0.4, 0.5) is 0 Å². The van der Waals surface area contributed by atoms with Crippen LogP contribution in [0.5, 0.6) is 0 Å². The van der Waals surface area contributed by atoms with Crippen LogP contribution in [0.25, 0.3) is 0 Å². The number of aliphatic hydroxyl groups is 3. The molecule has 0 aromatic heterocycles. The molecule has 14 heteroatoms. The van der Waals surface area contributed by atoms with Gasteiger partial charge in [0.1, 0.15) is 23.9 Å². The lowest BCUT2D eigenvalue weighted by molar-refractivity contribution is -0.291. The molecule has 0 radical (unpaired) electrons. The highest BCUT2D eigenvalue weighted by Crippen LogP contribution is 2.55. The molecule has 5 rings (SSSR count). The van der Waals surface area contributed by atoms with E-state index >= 15 is 4.79 Å². The van der Waals surface area contributed by atoms with Crippen LogP contribution < -0.4 is 5.32 Å². The van der Waals surface area contributed by atoms with Gasteiger partial charge in [0.15, 0.2) is 23.6 Å². The molecule has 1 heterocycles. The molecule has 14 nitrogen and oxygen atoms in total. The van der Waals surface area contributed by atoms with Gasteiger partial charge < -0.3 is 44.3 Å². The van der Waals surface area contributed by atoms with Crippen LogP contribution in [-0.2, 0) is 42.9 Å². The zero-order valence-corrected chi connectivity index (χ0v) is 33.1. The molecular formula is C42H53NO13. The van der Waals surface area contributed by atoms with Crippen molar-refractivity contribution < 1.29 is 63.0 Å². The average Bonchev–Trinajstić information content (AvgIpc) is 3.14. The standard InChI is InChI=1S/C42H53NO13/c1-23-29(55-38(50)34(47)33(43-8)27-15-11-9-12-16-27)20-42(51,24(2)53-37(49)28-17-13-10-14-18-28)39(5,6)32(23)35(54-25(3)44)36(48)40(7)21-41(56-26(4)45)22-52-31(41)19-30(40)46/h9-18,24,29-31,33-35,43,46-47,51H,19-22H2,1-8H3/t24-,29-,30-,31+,33-,34+,35+,40-,41-,42+/m0/s1. The molecule has 1 saturated carbocycles. The third-order valence-corrected chi connectivity index (χ3v) is 12.1. The van der Waals surface area contributed by atoms with E-state index in [9.17, 15) is 34.5 Å². The van der Waals surface area contributed by atoms with E-state index in [4.69, 9.17) is 23.7 Å². The second-order valence-corrected chi connectivity index (χ2v) is 16.0. The van der Waals surface area contributed by atoms with Gasteiger partial charge >= 0.3 is 23.9 Å². The SMILES string of the molecule is CN[C@@H](c1ccccc1)[C@@H](O)C(=O)O[C@H]1C[C@@](O)([C@H](C)OC(=O)c2ccccc2)C(C)(C)C([C@@H](OC(C)=O)C(=O)[C@@]2(C)C[C@]3(OC(C)=O)CO[C@@H]3C[C@@H]2O)=C1C. The van der Waals surface area contributed by atoms with E-state index in [0.717, 1.165) is 6.92 Å². The lowest BCUT2D eigenvalue weighted by Crippen LogP contribution is -2.70. The first-order chi connectivity index (χ1) is 26.2. The summed E-state index contributed by atoms with van der Waals surface area (Å²) >= 11 is 0. The Morgan fingerprint density at radius 3 is 2.07 bits per heavy atom. The smallest absolute Gasteiger partial charge is 0.338 e. The van der Waals surface area contributed by atoms with Gasteiger partial charge in [-0.2, -0.15) is 0 Å². The van der Waals surface area contributed by atoms with Crippen molar-refractivity contribution in [3.05, 3.63) is 82.9 Å². The van der Waals surface area contributed by atoms with Crippen molar-refractivity contribution in [3.8, 4) is 0 Å². The fourth-order valence-corrected chi connectivity index (χ4v) is 8.76. The maximum atomic E-state index is 15.1. The third-order valence-electron chi connectivity index (χ3n) is 12.1. The van der Waals surface area contributed by atoms with E-state index in [1.54, 1.807) is 88.5 Å². The molecular weight excluding hydrogens is 726 g/mol. The molecule has 0 spiro atoms. The molecule has 304 valence electrons. The Kier molecular flexibility index (Phi) is 12.3. The lowest BCUT2D eigenvalue weighted by atomic mass is 9.55. The number of carbonyl (C=O) groups excluding carboxylic acids is 5. The van der Waals surface area contributed by atoms with Gasteiger partial charge in [0.25, 0.3) is 0 Å². The van der Waals surface area contributed by atoms with Crippen LogP contribution in [0, 0.1) is 10.8 Å². The number of carbonyl (C=O) groups is 5. The summed E-state index contributed by atoms with van der Waals surface area (Å²) in [7, 11) is 1.57. The lowest BCUT2D eigenvalue weighted by Gasteiger charge is -2.58. The van der Waals surface area contributed by atoms with Crippen LogP contribution in [0.2, 0.25) is 0 Å². The predicted molar refractivity (Wildman–Crippen MR) is 200 cm³/mol. The van der Waals surface area contributed by atoms with Crippen molar-refractivity contribution in [1.29, 1.82) is 0 Å². The number of likely N-dealkylation sites (N-methyl/N-ethyl adjacent to an activating group) is 1. The maximum absolute atomic E-state index is 15.1. The number of aliphatic hydroxyl groups excluding tert-OH is 2. The first-order valence-corrected chi connectivity index (χ1v) is 18.7. The van der Waals surface area contributed by atoms with Gasteiger partial charge in [-0.3, -0.25) is 14.4 Å². The fourth-order valence-electron chi connectivity index (χ4n) is 8.76. The van der Waals surface area contributed by atoms with Crippen LogP contribution in [0.15, 0.2) is 71.8 Å². The number of hydrogen-bond donors (Lipinski definition) is 4. The molecule has 2 aliphatic carbocycles. The van der Waals surface area contributed by atoms with E-state index in [1.165, 1.54) is 20.8 Å². The van der Waals surface area contributed by atoms with Gasteiger partial charge in [-0.05, 0) is 56.7 Å². The minimum atomic E-state index is -2.11. The summed E-state index contributed by atoms with van der Waals surface area (Å²) in [6, 6.07) is 16.0. The summed E-state index contributed by atoms with van der Waals surface area (Å²) in [4.78, 5) is 67.4. The summed E-state index contributed by atoms with van der Waals surface area (Å²) in [5.74, 6) is -4.04. The zero-order chi connectivity index (χ0) is 41.4. The Morgan fingerprint density at radius 1 is 0.929 bits per heavy atom. The van der Waals surface area contributed by atoms with Crippen LogP contribution in [-0.4, -0.2) is 106 Å². The second-order valence-electron chi connectivity index (χ2n) is 16.0. The number of esters is 4. The number of ketones is 1. The minimum Gasteiger partial charge on any atom is -0.456 e. The van der Waals surface area contributed by atoms with Crippen LogP contribution in [0.3, 0.4) is 0 Å². The maximum Gasteiger partial charge on any atom is 0.338 e. The monoisotopic (exact) mass is 779 g/mol. The highest BCUT2D eigenvalue weighted by molar-refractivity contribution is 5.94. The first-order valence-electron chi connectivity index (χ1n) is 18.7. The number of rotatable bonds is 13. The highest BCUT2D eigenvalue weighted by Gasteiger charge is 2.66. The van der Waals surface area contributed by atoms with Crippen molar-refractivity contribution in [3.63, 3.8) is 0 Å². The Hall–Kier alpha value is -4.47. The van der Waals surface area contributed by atoms with Gasteiger partial charge in [0, 0.05) is 38.5 Å². The number of ether oxygens (including phenoxy) is 5. The van der Waals surface area contributed by atoms with E-state index in [2.05, 4.69) is 5.32 Å². The largest absolute Gasteiger partial charge is 0.456 e. The Labute approximate surface area is 326 Å². The van der Waals surface area contributed by atoms with Crippen LogP contribution in [0.1, 0.15) is 89.7 Å². The summed E-state index contributed by atoms with van der Waals surface area (Å²) in [5, 5.41) is 38.6. The van der Waals surface area contributed by atoms with Gasteiger partial charge in [-0.1, -0.05) is 62.4 Å². The quantitative estimate of drug-likeness (QED) is 0.131. The van der Waals surface area contributed by atoms with E-state index in [0.29, 0.717) is 5.56 Å². The van der Waals surface area contributed by atoms with E-state index < -0.39 is 94.4 Å². The van der Waals surface area contributed by atoms with E-state index in [-0.39, 0.29) is 42.6 Å². The number of nitrogens with one attached hydrogen (secondary N) is 1. The molecule has 2 fully saturated rings. The molecule has 2 aromatic carbocycles. The molecule has 0 amide bonds. The number of benzene rings is 2. The Bertz CT molecular complexity index is 1850. The Balaban J connectivity index is 1.61. The summed E-state index contributed by atoms with van der Waals surface area (Å²) in [6.07, 6.45) is -8.76. The molecule has 3 aliphatic rings. The highest BCUT2D eigenvalue weighted by atomic mass is 16.6. The molecule has 1 aliphatic heterocycles. The van der Waals surface area contributed by atoms with Crippen molar-refractivity contribution in [2.24, 2.45) is 10.8 Å². The van der Waals surface area contributed by atoms with Crippen molar-refractivity contribution in [2.75, 3.05) is 13.7 Å². The van der Waals surface area contributed by atoms with Crippen LogP contribution >= 0.6 is 0 Å². The second kappa shape index (κ2) is 16.2. The van der Waals surface area contributed by atoms with Crippen molar-refractivity contribution in [1.82, 2.24) is 5.32 Å². The Morgan fingerprint density at radius 2 is 1.54 bits per heavy atom. The first kappa shape index (κ1) is 42.7. The molecule has 56 heavy (non-hydrogen) atoms. The summed E-state index contributed by atoms with van der Waals surface area (Å²) in [6.45, 7) is 10.0. The molecule has 2 aromatic rings. The molecule has 1 saturated heterocycles. The van der Waals surface area contributed by atoms with Crippen molar-refractivity contribution >= 4 is 29.7 Å². The van der Waals surface area contributed by atoms with Crippen molar-refractivity contribution in [2.45, 2.75) is 122 Å². The predicted octanol–water partition coefficient (Wildman–Crippen LogP) is 3.31. The summed E-state index contributed by atoms with van der Waals surface area (Å²) in [5.41, 5.74) is -5.50. The topological polar surface area (TPSA) is 204 Å². The van der Waals surface area contributed by atoms with Gasteiger partial charge in [-0.15, -0.1) is 0 Å². The average molecular weight is 780 g/mol. The van der Waals surface area contributed by atoms with Gasteiger partial charge in [-0.25, -0.2) is 9.59 Å². The van der Waals surface area contributed by atoms with Gasteiger partial charge in [0.2, 0.25) is 0 Å². The third kappa shape index (κ3) is 7.77.